The summed E-state index contributed by atoms with van der Waals surface area (Å²) in [6.45, 7) is 6.07. The van der Waals surface area contributed by atoms with Crippen LogP contribution in [0.1, 0.15) is 355 Å². The number of carboxylic acid groups (broad SMARTS) is 1. The number of carbonyl (C=O) groups is 4. The van der Waals surface area contributed by atoms with E-state index >= 15 is 0 Å². The lowest BCUT2D eigenvalue weighted by atomic mass is 9.98. The minimum atomic E-state index is -1.89. The molecule has 1 aliphatic heterocycles. The van der Waals surface area contributed by atoms with Gasteiger partial charge in [-0.3, -0.25) is 14.4 Å². The van der Waals surface area contributed by atoms with Crippen molar-refractivity contribution in [3.63, 3.8) is 0 Å². The summed E-state index contributed by atoms with van der Waals surface area (Å²) in [5.74, 6) is -3.06. The third-order valence-electron chi connectivity index (χ3n) is 16.2. The van der Waals surface area contributed by atoms with E-state index in [4.69, 9.17) is 23.7 Å². The smallest absolute Gasteiger partial charge is 0.335 e. The Morgan fingerprint density at radius 1 is 0.367 bits per heavy atom. The van der Waals surface area contributed by atoms with E-state index in [0.29, 0.717) is 19.3 Å². The minimum Gasteiger partial charge on any atom is -0.479 e. The lowest BCUT2D eigenvalue weighted by molar-refractivity contribution is -0.301. The molecule has 12 nitrogen and oxygen atoms in total. The monoisotopic (exact) mass is 1120 g/mol. The first kappa shape index (κ1) is 74.7. The summed E-state index contributed by atoms with van der Waals surface area (Å²) in [4.78, 5) is 51.3. The topological polar surface area (TPSA) is 175 Å². The van der Waals surface area contributed by atoms with E-state index < -0.39 is 67.3 Å². The molecule has 79 heavy (non-hydrogen) atoms. The highest BCUT2D eigenvalue weighted by Gasteiger charge is 2.50. The maximum absolute atomic E-state index is 13.2. The number of rotatable bonds is 60. The fourth-order valence-electron chi connectivity index (χ4n) is 11.0. The standard InChI is InChI=1S/C67H126O12/c1-4-7-10-13-16-19-22-25-27-29-30-32-33-36-38-41-44-47-50-53-59(68)75-56-58(77-60(69)54-51-48-45-42-39-35-24-21-18-15-12-9-6-3)57-76-67-65(63(72)62(71)64(79-67)66(73)74)78-61(70)55-52-49-46-43-40-37-34-31-28-26-23-20-17-14-11-8-5-2/h58,62-65,67,71-72H,4-57H2,1-3H3,(H,73,74). The molecule has 0 bridgehead atoms. The summed E-state index contributed by atoms with van der Waals surface area (Å²) in [7, 11) is 0. The highest BCUT2D eigenvalue weighted by molar-refractivity contribution is 5.74. The van der Waals surface area contributed by atoms with Gasteiger partial charge in [-0.1, -0.05) is 316 Å². The number of carboxylic acids is 1. The molecular formula is C67H126O12. The fraction of sp³-hybridized carbons (Fsp3) is 0.940. The number of ether oxygens (including phenoxy) is 5. The van der Waals surface area contributed by atoms with Crippen molar-refractivity contribution in [1.82, 2.24) is 0 Å². The molecule has 1 fully saturated rings. The lowest BCUT2D eigenvalue weighted by Crippen LogP contribution is -2.61. The van der Waals surface area contributed by atoms with Gasteiger partial charge in [-0.05, 0) is 19.3 Å². The van der Waals surface area contributed by atoms with Gasteiger partial charge in [0.25, 0.3) is 0 Å². The third kappa shape index (κ3) is 45.9. The Hall–Kier alpha value is -2.28. The SMILES string of the molecule is CCCCCCCCCCCCCCCCCCCCCC(=O)OCC(COC1OC(C(=O)O)C(O)C(O)C1OC(=O)CCCCCCCCCCCCCCCCCCC)OC(=O)CCCCCCCCCCCCCCC. The molecule has 3 N–H and O–H groups in total. The number of aliphatic hydroxyl groups excluding tert-OH is 2. The number of esters is 3. The van der Waals surface area contributed by atoms with Gasteiger partial charge in [-0.15, -0.1) is 0 Å². The summed E-state index contributed by atoms with van der Waals surface area (Å²) in [5, 5.41) is 31.6. The lowest BCUT2D eigenvalue weighted by Gasteiger charge is -2.40. The average Bonchev–Trinajstić information content (AvgIpc) is 3.47. The molecule has 6 unspecified atom stereocenters. The van der Waals surface area contributed by atoms with Crippen molar-refractivity contribution in [2.75, 3.05) is 13.2 Å². The second-order valence-corrected chi connectivity index (χ2v) is 23.8. The Bertz CT molecular complexity index is 1380. The largest absolute Gasteiger partial charge is 0.479 e. The number of aliphatic hydroxyl groups is 2. The highest BCUT2D eigenvalue weighted by atomic mass is 16.7. The van der Waals surface area contributed by atoms with E-state index in [2.05, 4.69) is 20.8 Å². The molecule has 0 spiro atoms. The van der Waals surface area contributed by atoms with E-state index in [1.54, 1.807) is 0 Å². The number of unbranched alkanes of at least 4 members (excludes halogenated alkanes) is 46. The molecule has 0 aromatic carbocycles. The van der Waals surface area contributed by atoms with Crippen LogP contribution in [0.2, 0.25) is 0 Å². The second kappa shape index (κ2) is 56.2. The maximum atomic E-state index is 13.2. The minimum absolute atomic E-state index is 0.0713. The molecule has 1 saturated heterocycles. The summed E-state index contributed by atoms with van der Waals surface area (Å²) in [5.41, 5.74) is 0. The van der Waals surface area contributed by atoms with E-state index in [0.717, 1.165) is 57.8 Å². The van der Waals surface area contributed by atoms with Gasteiger partial charge in [0.05, 0.1) is 6.61 Å². The van der Waals surface area contributed by atoms with E-state index in [-0.39, 0.29) is 25.9 Å². The van der Waals surface area contributed by atoms with Crippen molar-refractivity contribution >= 4 is 23.9 Å². The van der Waals surface area contributed by atoms with Gasteiger partial charge in [0.1, 0.15) is 18.8 Å². The van der Waals surface area contributed by atoms with Gasteiger partial charge in [0.15, 0.2) is 24.6 Å². The summed E-state index contributed by atoms with van der Waals surface area (Å²) < 4.78 is 28.6. The molecule has 0 aromatic rings. The first-order chi connectivity index (χ1) is 38.6. The molecule has 0 saturated carbocycles. The molecule has 6 atom stereocenters. The predicted octanol–water partition coefficient (Wildman–Crippen LogP) is 18.2. The average molecular weight is 1120 g/mol. The molecular weight excluding hydrogens is 997 g/mol. The highest BCUT2D eigenvalue weighted by Crippen LogP contribution is 2.27. The van der Waals surface area contributed by atoms with Crippen molar-refractivity contribution in [1.29, 1.82) is 0 Å². The van der Waals surface area contributed by atoms with E-state index in [9.17, 15) is 34.5 Å². The number of carbonyl (C=O) groups excluding carboxylic acids is 3. The van der Waals surface area contributed by atoms with Crippen LogP contribution in [0, 0.1) is 0 Å². The second-order valence-electron chi connectivity index (χ2n) is 23.8. The van der Waals surface area contributed by atoms with Crippen molar-refractivity contribution in [2.45, 2.75) is 391 Å². The van der Waals surface area contributed by atoms with Crippen LogP contribution in [-0.2, 0) is 42.9 Å². The van der Waals surface area contributed by atoms with Crippen LogP contribution < -0.4 is 0 Å². The quantitative estimate of drug-likeness (QED) is 0.0299. The molecule has 0 aliphatic carbocycles. The number of hydrogen-bond acceptors (Lipinski definition) is 11. The predicted molar refractivity (Wildman–Crippen MR) is 322 cm³/mol. The van der Waals surface area contributed by atoms with Crippen LogP contribution in [-0.4, -0.2) is 89.2 Å². The zero-order valence-electron chi connectivity index (χ0n) is 51.7. The van der Waals surface area contributed by atoms with Crippen molar-refractivity contribution in [3.05, 3.63) is 0 Å². The zero-order valence-corrected chi connectivity index (χ0v) is 51.7. The van der Waals surface area contributed by atoms with Gasteiger partial charge in [-0.25, -0.2) is 4.79 Å². The Kier molecular flexibility index (Phi) is 53.2. The summed E-state index contributed by atoms with van der Waals surface area (Å²) in [6.07, 6.45) is 50.6. The van der Waals surface area contributed by atoms with E-state index in [1.165, 1.54) is 238 Å². The van der Waals surface area contributed by atoms with Gasteiger partial charge in [-0.2, -0.15) is 0 Å². The number of hydrogen-bond donors (Lipinski definition) is 3. The van der Waals surface area contributed by atoms with Gasteiger partial charge >= 0.3 is 23.9 Å². The van der Waals surface area contributed by atoms with Crippen LogP contribution in [0.4, 0.5) is 0 Å². The summed E-state index contributed by atoms with van der Waals surface area (Å²) >= 11 is 0. The Morgan fingerprint density at radius 3 is 0.949 bits per heavy atom. The first-order valence-electron chi connectivity index (χ1n) is 34.0. The molecule has 0 radical (unpaired) electrons. The Balaban J connectivity index is 2.59. The van der Waals surface area contributed by atoms with Crippen LogP contribution >= 0.6 is 0 Å². The fourth-order valence-corrected chi connectivity index (χ4v) is 11.0. The molecule has 1 rings (SSSR count). The van der Waals surface area contributed by atoms with Crippen molar-refractivity contribution < 1.29 is 58.2 Å². The third-order valence-corrected chi connectivity index (χ3v) is 16.2. The van der Waals surface area contributed by atoms with Gasteiger partial charge in [0, 0.05) is 19.3 Å². The van der Waals surface area contributed by atoms with Crippen LogP contribution in [0.15, 0.2) is 0 Å². The molecule has 1 heterocycles. The van der Waals surface area contributed by atoms with Gasteiger partial charge in [0.2, 0.25) is 0 Å². The normalized spacial score (nSPS) is 17.7. The molecule has 466 valence electrons. The Morgan fingerprint density at radius 2 is 0.646 bits per heavy atom. The van der Waals surface area contributed by atoms with Gasteiger partial charge < -0.3 is 39.0 Å². The number of aliphatic carboxylic acids is 1. The van der Waals surface area contributed by atoms with Crippen molar-refractivity contribution in [2.24, 2.45) is 0 Å². The van der Waals surface area contributed by atoms with Crippen molar-refractivity contribution in [3.8, 4) is 0 Å². The summed E-state index contributed by atoms with van der Waals surface area (Å²) in [6, 6.07) is 0. The molecule has 1 aliphatic rings. The van der Waals surface area contributed by atoms with Crippen LogP contribution in [0.3, 0.4) is 0 Å². The zero-order chi connectivity index (χ0) is 57.5. The van der Waals surface area contributed by atoms with E-state index in [1.807, 2.05) is 0 Å². The molecule has 0 aromatic heterocycles. The molecule has 0 amide bonds. The molecule has 12 heteroatoms. The van der Waals surface area contributed by atoms with Crippen LogP contribution in [0.25, 0.3) is 0 Å². The Labute approximate surface area is 484 Å². The van der Waals surface area contributed by atoms with Crippen LogP contribution in [0.5, 0.6) is 0 Å². The maximum Gasteiger partial charge on any atom is 0.335 e. The first-order valence-corrected chi connectivity index (χ1v) is 34.0.